The summed E-state index contributed by atoms with van der Waals surface area (Å²) in [5, 5.41) is 3.16. The third kappa shape index (κ3) is 3.47. The first-order valence-electron chi connectivity index (χ1n) is 6.76. The minimum absolute atomic E-state index is 0.799. The van der Waals surface area contributed by atoms with Crippen LogP contribution in [0, 0.1) is 0 Å². The van der Waals surface area contributed by atoms with Gasteiger partial charge in [0.1, 0.15) is 0 Å². The van der Waals surface area contributed by atoms with Crippen LogP contribution in [-0.2, 0) is 6.54 Å². The fraction of sp³-hybridized carbons (Fsp3) is 0.600. The van der Waals surface area contributed by atoms with Gasteiger partial charge in [0.15, 0.2) is 0 Å². The third-order valence-electron chi connectivity index (χ3n) is 3.87. The maximum atomic E-state index is 3.16. The molecule has 1 aromatic carbocycles. The van der Waals surface area contributed by atoms with Gasteiger partial charge in [-0.25, -0.2) is 0 Å². The van der Waals surface area contributed by atoms with Crippen molar-refractivity contribution < 1.29 is 0 Å². The van der Waals surface area contributed by atoms with E-state index in [4.69, 9.17) is 0 Å². The van der Waals surface area contributed by atoms with Gasteiger partial charge in [0.2, 0.25) is 0 Å². The average molecular weight is 232 g/mol. The molecule has 0 saturated heterocycles. The molecule has 0 heterocycles. The summed E-state index contributed by atoms with van der Waals surface area (Å²) in [6, 6.07) is 9.57. The largest absolute Gasteiger partial charge is 0.388 e. The molecule has 0 radical (unpaired) electrons. The van der Waals surface area contributed by atoms with Gasteiger partial charge >= 0.3 is 0 Å². The second-order valence-corrected chi connectivity index (χ2v) is 5.15. The molecule has 0 aliphatic heterocycles. The summed E-state index contributed by atoms with van der Waals surface area (Å²) in [5.41, 5.74) is 2.60. The first kappa shape index (κ1) is 12.4. The molecular formula is C15H24N2. The molecule has 0 unspecified atom stereocenters. The predicted molar refractivity (Wildman–Crippen MR) is 74.3 cm³/mol. The smallest absolute Gasteiger partial charge is 0.0337 e. The Morgan fingerprint density at radius 1 is 1.12 bits per heavy atom. The summed E-state index contributed by atoms with van der Waals surface area (Å²) in [5.74, 6) is 0. The highest BCUT2D eigenvalue weighted by atomic mass is 15.1. The van der Waals surface area contributed by atoms with Crippen molar-refractivity contribution in [2.45, 2.75) is 44.7 Å². The third-order valence-corrected chi connectivity index (χ3v) is 3.87. The minimum atomic E-state index is 0.799. The fourth-order valence-corrected chi connectivity index (χ4v) is 2.72. The van der Waals surface area contributed by atoms with E-state index in [0.717, 1.165) is 12.6 Å². The lowest BCUT2D eigenvalue weighted by molar-refractivity contribution is 0.184. The predicted octanol–water partition coefficient (Wildman–Crippen LogP) is 3.49. The minimum Gasteiger partial charge on any atom is -0.388 e. The monoisotopic (exact) mass is 232 g/mol. The van der Waals surface area contributed by atoms with Crippen LogP contribution in [0.4, 0.5) is 5.69 Å². The van der Waals surface area contributed by atoms with Gasteiger partial charge < -0.3 is 5.32 Å². The molecule has 17 heavy (non-hydrogen) atoms. The molecule has 0 spiro atoms. The SMILES string of the molecule is CNc1ccc(CN(C)C2CCCCC2)cc1. The summed E-state index contributed by atoms with van der Waals surface area (Å²) in [7, 11) is 4.23. The zero-order valence-corrected chi connectivity index (χ0v) is 11.1. The van der Waals surface area contributed by atoms with Crippen LogP contribution in [0.25, 0.3) is 0 Å². The molecular weight excluding hydrogens is 208 g/mol. The fourth-order valence-electron chi connectivity index (χ4n) is 2.72. The maximum absolute atomic E-state index is 3.16. The Hall–Kier alpha value is -1.02. The first-order chi connectivity index (χ1) is 8.29. The Balaban J connectivity index is 1.89. The quantitative estimate of drug-likeness (QED) is 0.855. The van der Waals surface area contributed by atoms with Crippen molar-refractivity contribution >= 4 is 5.69 Å². The Labute approximate surface area is 105 Å². The number of nitrogens with one attached hydrogen (secondary N) is 1. The van der Waals surface area contributed by atoms with Gasteiger partial charge in [0.05, 0.1) is 0 Å². The molecule has 0 atom stereocenters. The summed E-state index contributed by atoms with van der Waals surface area (Å²) in [6.07, 6.45) is 7.01. The molecule has 1 fully saturated rings. The summed E-state index contributed by atoms with van der Waals surface area (Å²) < 4.78 is 0. The van der Waals surface area contributed by atoms with E-state index in [1.54, 1.807) is 0 Å². The van der Waals surface area contributed by atoms with Gasteiger partial charge in [-0.15, -0.1) is 0 Å². The van der Waals surface area contributed by atoms with Gasteiger partial charge in [-0.1, -0.05) is 31.4 Å². The molecule has 0 bridgehead atoms. The van der Waals surface area contributed by atoms with E-state index in [9.17, 15) is 0 Å². The second-order valence-electron chi connectivity index (χ2n) is 5.15. The molecule has 1 aromatic rings. The number of hydrogen-bond acceptors (Lipinski definition) is 2. The van der Waals surface area contributed by atoms with Crippen molar-refractivity contribution in [3.05, 3.63) is 29.8 Å². The van der Waals surface area contributed by atoms with Crippen molar-refractivity contribution in [3.63, 3.8) is 0 Å². The molecule has 0 aromatic heterocycles. The maximum Gasteiger partial charge on any atom is 0.0337 e. The molecule has 2 rings (SSSR count). The van der Waals surface area contributed by atoms with Crippen molar-refractivity contribution in [3.8, 4) is 0 Å². The summed E-state index contributed by atoms with van der Waals surface area (Å²) in [4.78, 5) is 2.52. The van der Waals surface area contributed by atoms with E-state index in [0.29, 0.717) is 0 Å². The Kier molecular flexibility index (Phi) is 4.43. The number of nitrogens with zero attached hydrogens (tertiary/aromatic N) is 1. The Morgan fingerprint density at radius 3 is 2.35 bits per heavy atom. The molecule has 2 nitrogen and oxygen atoms in total. The molecule has 1 aliphatic carbocycles. The topological polar surface area (TPSA) is 15.3 Å². The van der Waals surface area contributed by atoms with Crippen LogP contribution in [0.2, 0.25) is 0 Å². The van der Waals surface area contributed by atoms with Crippen molar-refractivity contribution in [1.29, 1.82) is 0 Å². The second kappa shape index (κ2) is 6.06. The van der Waals surface area contributed by atoms with Gasteiger partial charge in [-0.05, 0) is 37.6 Å². The average Bonchev–Trinajstić information content (AvgIpc) is 2.40. The zero-order chi connectivity index (χ0) is 12.1. The summed E-state index contributed by atoms with van der Waals surface area (Å²) in [6.45, 7) is 1.08. The van der Waals surface area contributed by atoms with Crippen LogP contribution in [-0.4, -0.2) is 25.0 Å². The van der Waals surface area contributed by atoms with Crippen LogP contribution in [0.1, 0.15) is 37.7 Å². The van der Waals surface area contributed by atoms with Crippen LogP contribution >= 0.6 is 0 Å². The van der Waals surface area contributed by atoms with Crippen molar-refractivity contribution in [1.82, 2.24) is 4.90 Å². The van der Waals surface area contributed by atoms with Crippen molar-refractivity contribution in [2.24, 2.45) is 0 Å². The Morgan fingerprint density at radius 2 is 1.76 bits per heavy atom. The van der Waals surface area contributed by atoms with Crippen LogP contribution in [0.3, 0.4) is 0 Å². The lowest BCUT2D eigenvalue weighted by Gasteiger charge is -2.31. The lowest BCUT2D eigenvalue weighted by Crippen LogP contribution is -2.32. The normalized spacial score (nSPS) is 17.4. The highest BCUT2D eigenvalue weighted by molar-refractivity contribution is 5.43. The zero-order valence-electron chi connectivity index (χ0n) is 11.1. The molecule has 2 heteroatoms. The highest BCUT2D eigenvalue weighted by Crippen LogP contribution is 2.23. The van der Waals surface area contributed by atoms with Crippen molar-refractivity contribution in [2.75, 3.05) is 19.4 Å². The highest BCUT2D eigenvalue weighted by Gasteiger charge is 2.17. The number of anilines is 1. The van der Waals surface area contributed by atoms with Gasteiger partial charge in [-0.3, -0.25) is 4.90 Å². The first-order valence-corrected chi connectivity index (χ1v) is 6.76. The van der Waals surface area contributed by atoms with Crippen LogP contribution in [0.5, 0.6) is 0 Å². The number of hydrogen-bond donors (Lipinski definition) is 1. The standard InChI is InChI=1S/C15H24N2/c1-16-14-10-8-13(9-11-14)12-17(2)15-6-4-3-5-7-15/h8-11,15-16H,3-7,12H2,1-2H3. The van der Waals surface area contributed by atoms with E-state index < -0.39 is 0 Å². The molecule has 1 saturated carbocycles. The van der Waals surface area contributed by atoms with E-state index in [1.807, 2.05) is 7.05 Å². The van der Waals surface area contributed by atoms with E-state index in [1.165, 1.54) is 43.4 Å². The Bertz CT molecular complexity index is 325. The molecule has 1 aliphatic rings. The molecule has 0 amide bonds. The van der Waals surface area contributed by atoms with Gasteiger partial charge in [0.25, 0.3) is 0 Å². The van der Waals surface area contributed by atoms with E-state index in [-0.39, 0.29) is 0 Å². The summed E-state index contributed by atoms with van der Waals surface area (Å²) >= 11 is 0. The number of benzene rings is 1. The molecule has 94 valence electrons. The van der Waals surface area contributed by atoms with Gasteiger partial charge in [-0.2, -0.15) is 0 Å². The van der Waals surface area contributed by atoms with Gasteiger partial charge in [0, 0.05) is 25.3 Å². The van der Waals surface area contributed by atoms with Crippen LogP contribution < -0.4 is 5.32 Å². The van der Waals surface area contributed by atoms with E-state index in [2.05, 4.69) is 41.5 Å². The molecule has 1 N–H and O–H groups in total. The lowest BCUT2D eigenvalue weighted by atomic mass is 9.94. The number of rotatable bonds is 4. The van der Waals surface area contributed by atoms with E-state index >= 15 is 0 Å². The van der Waals surface area contributed by atoms with Crippen LogP contribution in [0.15, 0.2) is 24.3 Å².